The van der Waals surface area contributed by atoms with Crippen LogP contribution < -0.4 is 10.6 Å². The summed E-state index contributed by atoms with van der Waals surface area (Å²) in [4.78, 5) is 44.9. The fraction of sp³-hybridized carbons (Fsp3) is 0.304. The summed E-state index contributed by atoms with van der Waals surface area (Å²) in [6.45, 7) is 2.21. The molecule has 5 N–H and O–H groups in total. The Bertz CT molecular complexity index is 1150. The molecule has 3 aromatic rings. The Balaban J connectivity index is 0.000000227. The number of alkyl halides is 3. The third-order valence-electron chi connectivity index (χ3n) is 4.75. The van der Waals surface area contributed by atoms with Crippen LogP contribution in [-0.4, -0.2) is 68.3 Å². The molecule has 1 aliphatic rings. The van der Waals surface area contributed by atoms with E-state index in [2.05, 4.69) is 36.6 Å². The molecule has 4 rings (SSSR count). The molecule has 1 aromatic carbocycles. The van der Waals surface area contributed by atoms with Gasteiger partial charge in [-0.05, 0) is 43.6 Å². The number of halogens is 3. The first kappa shape index (κ1) is 29.5. The maximum Gasteiger partial charge on any atom is 0.490 e. The van der Waals surface area contributed by atoms with E-state index in [-0.39, 0.29) is 18.0 Å². The van der Waals surface area contributed by atoms with Crippen molar-refractivity contribution < 1.29 is 37.4 Å². The molecule has 15 heteroatoms. The number of hydrogen-bond acceptors (Lipinski definition) is 8. The Morgan fingerprint density at radius 3 is 2.00 bits per heavy atom. The highest BCUT2D eigenvalue weighted by molar-refractivity contribution is 6.03. The van der Waals surface area contributed by atoms with Crippen molar-refractivity contribution in [2.45, 2.75) is 31.7 Å². The lowest BCUT2D eigenvalue weighted by molar-refractivity contribution is -0.192. The zero-order chi connectivity index (χ0) is 28.0. The van der Waals surface area contributed by atoms with E-state index in [1.54, 1.807) is 24.5 Å². The molecule has 0 saturated carbocycles. The summed E-state index contributed by atoms with van der Waals surface area (Å²) < 4.78 is 37.1. The summed E-state index contributed by atoms with van der Waals surface area (Å²) in [5.74, 6) is -2.40. The van der Waals surface area contributed by atoms with E-state index in [0.29, 0.717) is 23.8 Å². The van der Waals surface area contributed by atoms with Crippen LogP contribution in [0.1, 0.15) is 40.4 Å². The number of hydrogen-bond donors (Lipinski definition) is 5. The van der Waals surface area contributed by atoms with Gasteiger partial charge in [-0.3, -0.25) is 4.79 Å². The van der Waals surface area contributed by atoms with E-state index in [0.717, 1.165) is 31.5 Å². The van der Waals surface area contributed by atoms with Crippen LogP contribution in [0.25, 0.3) is 0 Å². The van der Waals surface area contributed by atoms with Gasteiger partial charge in [0.1, 0.15) is 6.10 Å². The Morgan fingerprint density at radius 1 is 1.05 bits per heavy atom. The third-order valence-corrected chi connectivity index (χ3v) is 4.75. The number of carboxylic acids is 1. The van der Waals surface area contributed by atoms with E-state index in [4.69, 9.17) is 19.9 Å². The number of carboxylic acid groups (broad SMARTS) is 1. The number of imidazole rings is 2. The molecular formula is C23H24F3N7O5. The predicted molar refractivity (Wildman–Crippen MR) is 125 cm³/mol. The van der Waals surface area contributed by atoms with Crippen molar-refractivity contribution >= 4 is 17.8 Å². The molecule has 0 atom stereocenters. The van der Waals surface area contributed by atoms with Crippen LogP contribution in [-0.2, 0) is 16.1 Å². The number of ketones is 1. The molecule has 0 aliphatic carbocycles. The lowest BCUT2D eigenvalue weighted by Gasteiger charge is -2.22. The predicted octanol–water partition coefficient (Wildman–Crippen LogP) is 2.53. The molecule has 38 heavy (non-hydrogen) atoms. The molecule has 0 radical (unpaired) electrons. The van der Waals surface area contributed by atoms with Crippen LogP contribution in [0.4, 0.5) is 18.0 Å². The highest BCUT2D eigenvalue weighted by Crippen LogP contribution is 2.13. The van der Waals surface area contributed by atoms with Crippen molar-refractivity contribution in [2.24, 2.45) is 0 Å². The summed E-state index contributed by atoms with van der Waals surface area (Å²) in [5, 5.41) is 21.7. The number of nitrogens with one attached hydrogen (secondary N) is 4. The van der Waals surface area contributed by atoms with Crippen LogP contribution in [0.15, 0.2) is 49.1 Å². The number of benzene rings is 1. The second-order valence-electron chi connectivity index (χ2n) is 7.52. The average Bonchev–Trinajstić information content (AvgIpc) is 3.63. The Morgan fingerprint density at radius 2 is 1.58 bits per heavy atom. The third kappa shape index (κ3) is 10.5. The number of carbonyl (C=O) groups excluding carboxylic acids is 2. The van der Waals surface area contributed by atoms with Crippen molar-refractivity contribution in [3.63, 3.8) is 0 Å². The first-order valence-corrected chi connectivity index (χ1v) is 11.1. The molecule has 202 valence electrons. The van der Waals surface area contributed by atoms with Crippen LogP contribution in [0.2, 0.25) is 0 Å². The van der Waals surface area contributed by atoms with Gasteiger partial charge >= 0.3 is 18.2 Å². The van der Waals surface area contributed by atoms with Crippen LogP contribution in [0.3, 0.4) is 0 Å². The summed E-state index contributed by atoms with van der Waals surface area (Å²) >= 11 is 0. The number of H-pyrrole nitrogens is 2. The highest BCUT2D eigenvalue weighted by atomic mass is 19.4. The lowest BCUT2D eigenvalue weighted by atomic mass is 10.1. The van der Waals surface area contributed by atoms with Crippen molar-refractivity contribution in [2.75, 3.05) is 13.1 Å². The second-order valence-corrected chi connectivity index (χ2v) is 7.52. The van der Waals surface area contributed by atoms with Crippen LogP contribution in [0.5, 0.6) is 0 Å². The van der Waals surface area contributed by atoms with Gasteiger partial charge in [0, 0.05) is 31.3 Å². The van der Waals surface area contributed by atoms with Crippen LogP contribution in [0, 0.1) is 11.3 Å². The quantitative estimate of drug-likeness (QED) is 0.306. The fourth-order valence-electron chi connectivity index (χ4n) is 2.87. The standard InChI is InChI=1S/C14H17N3O2.C7H6N4O.C2HF3O2/c15-9-11-1-3-12(4-2-11)10-17-14(18)19-13-5-7-16-8-6-13;12-5(6-8-1-2-9-6)7-10-3-4-11-7;3-2(4,5)1(6)7/h1-4,13,16H,5-8,10H2,(H,17,18);1-4H,(H,8,9)(H,10,11);(H,6,7). The molecule has 0 unspecified atom stereocenters. The zero-order valence-corrected chi connectivity index (χ0v) is 19.8. The Labute approximate surface area is 214 Å². The van der Waals surface area contributed by atoms with Crippen molar-refractivity contribution in [1.29, 1.82) is 5.26 Å². The number of carbonyl (C=O) groups is 3. The molecule has 3 heterocycles. The number of piperidine rings is 1. The molecule has 1 saturated heterocycles. The summed E-state index contributed by atoms with van der Waals surface area (Å²) in [7, 11) is 0. The van der Waals surface area contributed by atoms with E-state index in [1.807, 2.05) is 12.1 Å². The van der Waals surface area contributed by atoms with E-state index in [1.165, 1.54) is 12.4 Å². The van der Waals surface area contributed by atoms with Gasteiger partial charge in [0.25, 0.3) is 5.78 Å². The number of ether oxygens (including phenoxy) is 1. The maximum absolute atomic E-state index is 11.6. The zero-order valence-electron chi connectivity index (χ0n) is 19.8. The number of aromatic amines is 2. The summed E-state index contributed by atoms with van der Waals surface area (Å²) in [6.07, 6.45) is 2.52. The van der Waals surface area contributed by atoms with E-state index < -0.39 is 12.1 Å². The van der Waals surface area contributed by atoms with Gasteiger partial charge in [-0.15, -0.1) is 0 Å². The SMILES string of the molecule is N#Cc1ccc(CNC(=O)OC2CCNCC2)cc1.O=C(O)C(F)(F)F.O=C(c1ncc[nH]1)c1ncc[nH]1. The molecule has 1 fully saturated rings. The van der Waals surface area contributed by atoms with Gasteiger partial charge in [0.15, 0.2) is 11.6 Å². The molecular weight excluding hydrogens is 511 g/mol. The number of rotatable bonds is 5. The number of nitriles is 1. The summed E-state index contributed by atoms with van der Waals surface area (Å²) in [5.41, 5.74) is 1.56. The summed E-state index contributed by atoms with van der Waals surface area (Å²) in [6, 6.07) is 9.16. The monoisotopic (exact) mass is 535 g/mol. The average molecular weight is 535 g/mol. The van der Waals surface area contributed by atoms with E-state index in [9.17, 15) is 22.8 Å². The lowest BCUT2D eigenvalue weighted by Crippen LogP contribution is -2.36. The number of alkyl carbamates (subject to hydrolysis) is 1. The minimum absolute atomic E-state index is 0.0159. The molecule has 0 bridgehead atoms. The molecule has 1 amide bonds. The first-order chi connectivity index (χ1) is 18.1. The molecule has 2 aromatic heterocycles. The topological polar surface area (TPSA) is 186 Å². The number of amides is 1. The Kier molecular flexibility index (Phi) is 11.5. The maximum atomic E-state index is 11.6. The van der Waals surface area contributed by atoms with Gasteiger partial charge < -0.3 is 30.4 Å². The number of nitrogens with zero attached hydrogens (tertiary/aromatic N) is 3. The molecule has 12 nitrogen and oxygen atoms in total. The van der Waals surface area contributed by atoms with Crippen molar-refractivity contribution in [3.05, 3.63) is 71.8 Å². The largest absolute Gasteiger partial charge is 0.490 e. The van der Waals surface area contributed by atoms with Crippen molar-refractivity contribution in [3.8, 4) is 6.07 Å². The van der Waals surface area contributed by atoms with Gasteiger partial charge in [-0.25, -0.2) is 19.6 Å². The van der Waals surface area contributed by atoms with Gasteiger partial charge in [-0.1, -0.05) is 12.1 Å². The van der Waals surface area contributed by atoms with Gasteiger partial charge in [0.05, 0.1) is 11.6 Å². The van der Waals surface area contributed by atoms with Crippen molar-refractivity contribution in [1.82, 2.24) is 30.6 Å². The van der Waals surface area contributed by atoms with Gasteiger partial charge in [0.2, 0.25) is 0 Å². The molecule has 0 spiro atoms. The molecule has 1 aliphatic heterocycles. The van der Waals surface area contributed by atoms with Crippen LogP contribution >= 0.6 is 0 Å². The smallest absolute Gasteiger partial charge is 0.475 e. The normalized spacial score (nSPS) is 13.0. The van der Waals surface area contributed by atoms with Gasteiger partial charge in [-0.2, -0.15) is 18.4 Å². The Hall–Kier alpha value is -4.71. The minimum Gasteiger partial charge on any atom is -0.475 e. The highest BCUT2D eigenvalue weighted by Gasteiger charge is 2.38. The minimum atomic E-state index is -5.08. The number of aliphatic carboxylic acids is 1. The number of aromatic nitrogens is 4. The first-order valence-electron chi connectivity index (χ1n) is 11.1. The van der Waals surface area contributed by atoms with E-state index >= 15 is 0 Å². The fourth-order valence-corrected chi connectivity index (χ4v) is 2.87. The second kappa shape index (κ2) is 14.8.